The van der Waals surface area contributed by atoms with Gasteiger partial charge in [-0.25, -0.2) is 0 Å². The van der Waals surface area contributed by atoms with E-state index in [0.29, 0.717) is 5.56 Å². The fraction of sp³-hybridized carbons (Fsp3) is 0. The Balaban J connectivity index is 2.36. The predicted molar refractivity (Wildman–Crippen MR) is 69.9 cm³/mol. The zero-order chi connectivity index (χ0) is 12.1. The van der Waals surface area contributed by atoms with Crippen LogP contribution in [-0.2, 0) is 0 Å². The lowest BCUT2D eigenvalue weighted by molar-refractivity contribution is 1.29. The number of para-hydroxylation sites is 1. The molecule has 0 bridgehead atoms. The second kappa shape index (κ2) is 5.00. The van der Waals surface area contributed by atoms with Gasteiger partial charge in [0, 0.05) is 17.6 Å². The van der Waals surface area contributed by atoms with Crippen LogP contribution in [0.4, 0.5) is 11.4 Å². The Morgan fingerprint density at radius 3 is 2.06 bits per heavy atom. The molecule has 82 valence electrons. The van der Waals surface area contributed by atoms with Crippen molar-refractivity contribution in [3.8, 4) is 6.07 Å². The van der Waals surface area contributed by atoms with Crippen LogP contribution in [0.15, 0.2) is 67.4 Å². The first-order valence-corrected chi connectivity index (χ1v) is 5.32. The molecular formula is C15H12N2. The van der Waals surface area contributed by atoms with Gasteiger partial charge < -0.3 is 4.90 Å². The van der Waals surface area contributed by atoms with Gasteiger partial charge in [-0.05, 0) is 36.4 Å². The quantitative estimate of drug-likeness (QED) is 0.785. The number of hydrogen-bond donors (Lipinski definition) is 0. The molecule has 0 aliphatic rings. The molecule has 0 N–H and O–H groups in total. The zero-order valence-corrected chi connectivity index (χ0v) is 9.38. The highest BCUT2D eigenvalue weighted by atomic mass is 15.1. The highest BCUT2D eigenvalue weighted by Crippen LogP contribution is 2.25. The minimum Gasteiger partial charge on any atom is -0.318 e. The summed E-state index contributed by atoms with van der Waals surface area (Å²) in [7, 11) is 0. The molecule has 0 amide bonds. The third kappa shape index (κ3) is 2.35. The number of hydrogen-bond acceptors (Lipinski definition) is 2. The molecule has 2 aromatic rings. The van der Waals surface area contributed by atoms with Gasteiger partial charge in [-0.15, -0.1) is 0 Å². The normalized spacial score (nSPS) is 9.35. The maximum atomic E-state index is 8.76. The Kier molecular flexibility index (Phi) is 3.23. The Morgan fingerprint density at radius 1 is 0.941 bits per heavy atom. The van der Waals surface area contributed by atoms with E-state index in [4.69, 9.17) is 5.26 Å². The molecule has 0 aliphatic carbocycles. The fourth-order valence-corrected chi connectivity index (χ4v) is 1.65. The molecule has 0 aromatic heterocycles. The lowest BCUT2D eigenvalue weighted by Crippen LogP contribution is -2.07. The molecule has 2 heteroatoms. The van der Waals surface area contributed by atoms with Gasteiger partial charge in [-0.3, -0.25) is 0 Å². The molecular weight excluding hydrogens is 208 g/mol. The highest BCUT2D eigenvalue weighted by Gasteiger charge is 2.04. The van der Waals surface area contributed by atoms with Crippen LogP contribution in [0.3, 0.4) is 0 Å². The minimum absolute atomic E-state index is 0.658. The van der Waals surface area contributed by atoms with Crippen molar-refractivity contribution < 1.29 is 0 Å². The SMILES string of the molecule is C=CN(c1ccccc1)c1ccc(C#N)cc1. The Labute approximate surface area is 101 Å². The maximum absolute atomic E-state index is 8.76. The second-order valence-electron chi connectivity index (χ2n) is 3.55. The van der Waals surface area contributed by atoms with Gasteiger partial charge in [-0.2, -0.15) is 5.26 Å². The van der Waals surface area contributed by atoms with Gasteiger partial charge in [0.25, 0.3) is 0 Å². The first kappa shape index (κ1) is 11.0. The van der Waals surface area contributed by atoms with Crippen LogP contribution in [0.1, 0.15) is 5.56 Å². The molecule has 2 aromatic carbocycles. The summed E-state index contributed by atoms with van der Waals surface area (Å²) in [5, 5.41) is 8.76. The van der Waals surface area contributed by atoms with E-state index in [1.807, 2.05) is 47.4 Å². The van der Waals surface area contributed by atoms with Gasteiger partial charge in [-0.1, -0.05) is 24.8 Å². The molecule has 0 atom stereocenters. The largest absolute Gasteiger partial charge is 0.318 e. The highest BCUT2D eigenvalue weighted by molar-refractivity contribution is 5.66. The van der Waals surface area contributed by atoms with Crippen LogP contribution in [0.2, 0.25) is 0 Å². The maximum Gasteiger partial charge on any atom is 0.0991 e. The van der Waals surface area contributed by atoms with Crippen molar-refractivity contribution in [2.75, 3.05) is 4.90 Å². The summed E-state index contributed by atoms with van der Waals surface area (Å²) in [6, 6.07) is 19.5. The first-order valence-electron chi connectivity index (χ1n) is 5.32. The van der Waals surface area contributed by atoms with Crippen LogP contribution < -0.4 is 4.90 Å². The summed E-state index contributed by atoms with van der Waals surface area (Å²) in [4.78, 5) is 1.97. The summed E-state index contributed by atoms with van der Waals surface area (Å²) in [6.07, 6.45) is 1.76. The van der Waals surface area contributed by atoms with Crippen molar-refractivity contribution in [1.29, 1.82) is 5.26 Å². The van der Waals surface area contributed by atoms with E-state index in [1.165, 1.54) is 0 Å². The van der Waals surface area contributed by atoms with Crippen molar-refractivity contribution in [3.05, 3.63) is 72.9 Å². The second-order valence-corrected chi connectivity index (χ2v) is 3.55. The molecule has 0 radical (unpaired) electrons. The third-order valence-corrected chi connectivity index (χ3v) is 2.49. The van der Waals surface area contributed by atoms with E-state index < -0.39 is 0 Å². The molecule has 0 saturated heterocycles. The fourth-order valence-electron chi connectivity index (χ4n) is 1.65. The van der Waals surface area contributed by atoms with E-state index in [9.17, 15) is 0 Å². The van der Waals surface area contributed by atoms with Crippen LogP contribution >= 0.6 is 0 Å². The number of nitriles is 1. The van der Waals surface area contributed by atoms with Crippen molar-refractivity contribution in [2.24, 2.45) is 0 Å². The van der Waals surface area contributed by atoms with Gasteiger partial charge in [0.2, 0.25) is 0 Å². The molecule has 0 heterocycles. The summed E-state index contributed by atoms with van der Waals surface area (Å²) >= 11 is 0. The van der Waals surface area contributed by atoms with Crippen molar-refractivity contribution in [2.45, 2.75) is 0 Å². The monoisotopic (exact) mass is 220 g/mol. The van der Waals surface area contributed by atoms with E-state index in [1.54, 1.807) is 18.3 Å². The Morgan fingerprint density at radius 2 is 1.53 bits per heavy atom. The van der Waals surface area contributed by atoms with Crippen molar-refractivity contribution in [1.82, 2.24) is 0 Å². The van der Waals surface area contributed by atoms with E-state index in [-0.39, 0.29) is 0 Å². The standard InChI is InChI=1S/C15H12N2/c1-2-17(14-6-4-3-5-7-14)15-10-8-13(12-16)9-11-15/h2-11H,1H2. The molecule has 0 unspecified atom stereocenters. The van der Waals surface area contributed by atoms with E-state index >= 15 is 0 Å². The third-order valence-electron chi connectivity index (χ3n) is 2.49. The van der Waals surface area contributed by atoms with Crippen molar-refractivity contribution >= 4 is 11.4 Å². The van der Waals surface area contributed by atoms with Gasteiger partial charge >= 0.3 is 0 Å². The smallest absolute Gasteiger partial charge is 0.0991 e. The minimum atomic E-state index is 0.658. The topological polar surface area (TPSA) is 27.0 Å². The molecule has 17 heavy (non-hydrogen) atoms. The zero-order valence-electron chi connectivity index (χ0n) is 9.38. The molecule has 0 saturated carbocycles. The Hall–Kier alpha value is -2.53. The lowest BCUT2D eigenvalue weighted by Gasteiger charge is -2.20. The van der Waals surface area contributed by atoms with Gasteiger partial charge in [0.05, 0.1) is 11.6 Å². The van der Waals surface area contributed by atoms with Crippen LogP contribution in [0.5, 0.6) is 0 Å². The first-order chi connectivity index (χ1) is 8.35. The molecule has 0 spiro atoms. The van der Waals surface area contributed by atoms with Crippen LogP contribution in [0, 0.1) is 11.3 Å². The summed E-state index contributed by atoms with van der Waals surface area (Å²) < 4.78 is 0. The predicted octanol–water partition coefficient (Wildman–Crippen LogP) is 3.84. The number of nitrogens with zero attached hydrogens (tertiary/aromatic N) is 2. The number of benzene rings is 2. The summed E-state index contributed by atoms with van der Waals surface area (Å²) in [5.41, 5.74) is 2.70. The molecule has 0 aliphatic heterocycles. The average Bonchev–Trinajstić information content (AvgIpc) is 2.42. The average molecular weight is 220 g/mol. The van der Waals surface area contributed by atoms with E-state index in [0.717, 1.165) is 11.4 Å². The molecule has 2 nitrogen and oxygen atoms in total. The summed E-state index contributed by atoms with van der Waals surface area (Å²) in [6.45, 7) is 3.82. The summed E-state index contributed by atoms with van der Waals surface area (Å²) in [5.74, 6) is 0. The lowest BCUT2D eigenvalue weighted by atomic mass is 10.2. The Bertz CT molecular complexity index is 535. The van der Waals surface area contributed by atoms with Gasteiger partial charge in [0.1, 0.15) is 0 Å². The number of rotatable bonds is 3. The van der Waals surface area contributed by atoms with Crippen LogP contribution in [-0.4, -0.2) is 0 Å². The molecule has 2 rings (SSSR count). The van der Waals surface area contributed by atoms with Crippen LogP contribution in [0.25, 0.3) is 0 Å². The van der Waals surface area contributed by atoms with E-state index in [2.05, 4.69) is 12.6 Å². The van der Waals surface area contributed by atoms with Gasteiger partial charge in [0.15, 0.2) is 0 Å². The number of anilines is 2. The van der Waals surface area contributed by atoms with Crippen molar-refractivity contribution in [3.63, 3.8) is 0 Å². The molecule has 0 fully saturated rings.